The molecule has 1 aliphatic heterocycles. The molecular formula is C22H33IN4O2. The highest BCUT2D eigenvalue weighted by Crippen LogP contribution is 2.23. The smallest absolute Gasteiger partial charge is 0.191 e. The topological polar surface area (TPSA) is 62.0 Å². The van der Waals surface area contributed by atoms with Crippen LogP contribution in [0.1, 0.15) is 35.6 Å². The van der Waals surface area contributed by atoms with Gasteiger partial charge in [-0.05, 0) is 38.5 Å². The van der Waals surface area contributed by atoms with Crippen molar-refractivity contribution in [1.82, 2.24) is 15.5 Å². The quantitative estimate of drug-likeness (QED) is 0.337. The zero-order valence-electron chi connectivity index (χ0n) is 17.6. The summed E-state index contributed by atoms with van der Waals surface area (Å²) in [6.07, 6.45) is 0. The lowest BCUT2D eigenvalue weighted by Crippen LogP contribution is -2.46. The molecule has 0 aliphatic carbocycles. The monoisotopic (exact) mass is 512 g/mol. The van der Waals surface area contributed by atoms with Gasteiger partial charge in [0.1, 0.15) is 11.5 Å². The van der Waals surface area contributed by atoms with Gasteiger partial charge in [-0.15, -0.1) is 24.0 Å². The van der Waals surface area contributed by atoms with Crippen LogP contribution in [0.3, 0.4) is 0 Å². The van der Waals surface area contributed by atoms with Crippen LogP contribution in [-0.4, -0.2) is 50.3 Å². The summed E-state index contributed by atoms with van der Waals surface area (Å²) < 4.78 is 11.5. The normalized spacial score (nSPS) is 16.2. The Kier molecular flexibility index (Phi) is 9.96. The summed E-state index contributed by atoms with van der Waals surface area (Å²) >= 11 is 0. The van der Waals surface area contributed by atoms with Crippen molar-refractivity contribution in [3.05, 3.63) is 59.0 Å². The molecule has 1 aromatic heterocycles. The first kappa shape index (κ1) is 23.7. The minimum absolute atomic E-state index is 0. The van der Waals surface area contributed by atoms with Crippen molar-refractivity contribution in [2.24, 2.45) is 4.99 Å². The van der Waals surface area contributed by atoms with Gasteiger partial charge in [-0.1, -0.05) is 29.8 Å². The summed E-state index contributed by atoms with van der Waals surface area (Å²) in [5.74, 6) is 2.75. The Morgan fingerprint density at radius 3 is 2.41 bits per heavy atom. The molecule has 0 bridgehead atoms. The van der Waals surface area contributed by atoms with Crippen LogP contribution in [0.25, 0.3) is 0 Å². The van der Waals surface area contributed by atoms with E-state index in [1.807, 2.05) is 13.0 Å². The van der Waals surface area contributed by atoms with E-state index < -0.39 is 0 Å². The number of hydrogen-bond acceptors (Lipinski definition) is 4. The maximum atomic E-state index is 5.95. The fraction of sp³-hybridized carbons (Fsp3) is 0.500. The van der Waals surface area contributed by atoms with E-state index in [9.17, 15) is 0 Å². The zero-order chi connectivity index (χ0) is 19.8. The van der Waals surface area contributed by atoms with Crippen molar-refractivity contribution in [3.63, 3.8) is 0 Å². The van der Waals surface area contributed by atoms with E-state index in [2.05, 4.69) is 59.7 Å². The Balaban J connectivity index is 0.00000300. The van der Waals surface area contributed by atoms with E-state index >= 15 is 0 Å². The molecule has 1 aliphatic rings. The average Bonchev–Trinajstić information content (AvgIpc) is 3.14. The third kappa shape index (κ3) is 7.31. The third-order valence-electron chi connectivity index (χ3n) is 4.92. The number of nitrogens with one attached hydrogen (secondary N) is 2. The first-order valence-corrected chi connectivity index (χ1v) is 10.1. The second kappa shape index (κ2) is 12.2. The maximum Gasteiger partial charge on any atom is 0.191 e. The van der Waals surface area contributed by atoms with Gasteiger partial charge in [-0.25, -0.2) is 4.99 Å². The van der Waals surface area contributed by atoms with Gasteiger partial charge in [0.05, 0.1) is 25.8 Å². The van der Waals surface area contributed by atoms with Crippen LogP contribution in [0.15, 0.2) is 45.8 Å². The molecule has 2 heterocycles. The summed E-state index contributed by atoms with van der Waals surface area (Å²) in [5.41, 5.74) is 2.47. The molecule has 3 rings (SSSR count). The van der Waals surface area contributed by atoms with E-state index in [1.165, 1.54) is 11.1 Å². The van der Waals surface area contributed by atoms with Crippen LogP contribution in [0.4, 0.5) is 0 Å². The number of hydrogen-bond donors (Lipinski definition) is 2. The Morgan fingerprint density at radius 2 is 1.79 bits per heavy atom. The predicted molar refractivity (Wildman–Crippen MR) is 128 cm³/mol. The zero-order valence-corrected chi connectivity index (χ0v) is 19.9. The molecule has 0 amide bonds. The summed E-state index contributed by atoms with van der Waals surface area (Å²) in [7, 11) is 0. The number of aryl methyl sites for hydroxylation is 2. The van der Waals surface area contributed by atoms with E-state index in [1.54, 1.807) is 0 Å². The van der Waals surface area contributed by atoms with Gasteiger partial charge in [-0.3, -0.25) is 4.90 Å². The molecular weight excluding hydrogens is 479 g/mol. The van der Waals surface area contributed by atoms with Gasteiger partial charge < -0.3 is 19.8 Å². The minimum Gasteiger partial charge on any atom is -0.465 e. The van der Waals surface area contributed by atoms with Gasteiger partial charge in [0.25, 0.3) is 0 Å². The Hall–Kier alpha value is -1.58. The Bertz CT molecular complexity index is 754. The number of guanidine groups is 1. The number of ether oxygens (including phenoxy) is 1. The second-order valence-electron chi connectivity index (χ2n) is 7.17. The highest BCUT2D eigenvalue weighted by atomic mass is 127. The second-order valence-corrected chi connectivity index (χ2v) is 7.17. The number of benzene rings is 1. The highest BCUT2D eigenvalue weighted by Gasteiger charge is 2.25. The first-order valence-electron chi connectivity index (χ1n) is 10.1. The number of nitrogens with zero attached hydrogens (tertiary/aromatic N) is 2. The molecule has 160 valence electrons. The lowest BCUT2D eigenvalue weighted by Gasteiger charge is -2.33. The van der Waals surface area contributed by atoms with Crippen LogP contribution in [0.2, 0.25) is 0 Å². The van der Waals surface area contributed by atoms with Gasteiger partial charge >= 0.3 is 0 Å². The van der Waals surface area contributed by atoms with Crippen molar-refractivity contribution in [2.45, 2.75) is 33.4 Å². The SMILES string of the molecule is CCNC(=NCc1ccc(C)cc1)NCC(c1ccc(C)o1)N1CCOCC1.I. The summed E-state index contributed by atoms with van der Waals surface area (Å²) in [6.45, 7) is 11.7. The minimum atomic E-state index is 0. The number of rotatable bonds is 7. The molecule has 0 spiro atoms. The summed E-state index contributed by atoms with van der Waals surface area (Å²) in [6, 6.07) is 12.8. The molecule has 1 atom stereocenters. The molecule has 29 heavy (non-hydrogen) atoms. The molecule has 1 saturated heterocycles. The van der Waals surface area contributed by atoms with Gasteiger partial charge in [0, 0.05) is 26.2 Å². The number of morpholine rings is 1. The fourth-order valence-electron chi connectivity index (χ4n) is 3.33. The molecule has 1 aromatic carbocycles. The summed E-state index contributed by atoms with van der Waals surface area (Å²) in [5, 5.41) is 6.85. The molecule has 1 unspecified atom stereocenters. The molecule has 0 radical (unpaired) electrons. The van der Waals surface area contributed by atoms with E-state index in [-0.39, 0.29) is 30.0 Å². The molecule has 2 aromatic rings. The highest BCUT2D eigenvalue weighted by molar-refractivity contribution is 14.0. The maximum absolute atomic E-state index is 5.95. The van der Waals surface area contributed by atoms with Crippen molar-refractivity contribution >= 4 is 29.9 Å². The van der Waals surface area contributed by atoms with Crippen molar-refractivity contribution < 1.29 is 9.15 Å². The van der Waals surface area contributed by atoms with E-state index in [4.69, 9.17) is 14.1 Å². The summed E-state index contributed by atoms with van der Waals surface area (Å²) in [4.78, 5) is 7.16. The predicted octanol–water partition coefficient (Wildman–Crippen LogP) is 3.64. The van der Waals surface area contributed by atoms with Crippen LogP contribution in [-0.2, 0) is 11.3 Å². The number of aliphatic imine (C=N–C) groups is 1. The molecule has 7 heteroatoms. The number of halogens is 1. The van der Waals surface area contributed by atoms with Crippen molar-refractivity contribution in [2.75, 3.05) is 39.4 Å². The van der Waals surface area contributed by atoms with E-state index in [0.29, 0.717) is 6.54 Å². The van der Waals surface area contributed by atoms with Crippen LogP contribution < -0.4 is 10.6 Å². The van der Waals surface area contributed by atoms with Crippen molar-refractivity contribution in [3.8, 4) is 0 Å². The molecule has 2 N–H and O–H groups in total. The van der Waals surface area contributed by atoms with Gasteiger partial charge in [0.15, 0.2) is 5.96 Å². The van der Waals surface area contributed by atoms with Crippen molar-refractivity contribution in [1.29, 1.82) is 0 Å². The third-order valence-corrected chi connectivity index (χ3v) is 4.92. The van der Waals surface area contributed by atoms with Crippen LogP contribution in [0, 0.1) is 13.8 Å². The van der Waals surface area contributed by atoms with Crippen LogP contribution >= 0.6 is 24.0 Å². The standard InChI is InChI=1S/C22H32N4O2.HI/c1-4-23-22(24-15-19-8-5-17(2)6-9-19)25-16-20(21-10-7-18(3)28-21)26-11-13-27-14-12-26;/h5-10,20H,4,11-16H2,1-3H3,(H2,23,24,25);1H. The molecule has 6 nitrogen and oxygen atoms in total. The Labute approximate surface area is 191 Å². The van der Waals surface area contributed by atoms with E-state index in [0.717, 1.165) is 56.9 Å². The lowest BCUT2D eigenvalue weighted by atomic mass is 10.1. The van der Waals surface area contributed by atoms with Crippen LogP contribution in [0.5, 0.6) is 0 Å². The van der Waals surface area contributed by atoms with Gasteiger partial charge in [-0.2, -0.15) is 0 Å². The van der Waals surface area contributed by atoms with Gasteiger partial charge in [0.2, 0.25) is 0 Å². The molecule has 1 fully saturated rings. The number of furan rings is 1. The largest absolute Gasteiger partial charge is 0.465 e. The fourth-order valence-corrected chi connectivity index (χ4v) is 3.33. The average molecular weight is 512 g/mol. The Morgan fingerprint density at radius 1 is 1.07 bits per heavy atom. The first-order chi connectivity index (χ1) is 13.7. The lowest BCUT2D eigenvalue weighted by molar-refractivity contribution is 0.0124. The molecule has 0 saturated carbocycles.